The van der Waals surface area contributed by atoms with E-state index in [0.29, 0.717) is 6.42 Å². The lowest BCUT2D eigenvalue weighted by atomic mass is 9.56. The molecule has 2 heteroatoms. The Morgan fingerprint density at radius 3 is 0.768 bits per heavy atom. The third-order valence-corrected chi connectivity index (χ3v) is 24.7. The maximum absolute atomic E-state index is 15.4. The van der Waals surface area contributed by atoms with Crippen molar-refractivity contribution in [3.8, 4) is 0 Å². The standard InChI is InChI=1S/C67H14O2/c1-3-5-7(68)69-67-61-53-44-37-24-17-11-10-12-8-9-13(11)22(24)28-26-15(9)18-14(8)25-27-21(12)23-16(10)19-20(17)31-38-30(19)39-36(23)43-41(27)45-32(25)34-29(18)35-33(26)46(42(28)44)57(61)59-48(35)47(34)58-56(45)60-52(43)49(39)54-51(38)55(50(53)40(31)37)64(67)62(54)66(60,6-4-2)63(58)65(59)67/h3-6H2,1-2H3. The Balaban J connectivity index is 1.22. The summed E-state index contributed by atoms with van der Waals surface area (Å²) >= 11 is 0. The molecule has 69 heavy (non-hydrogen) atoms. The smallest absolute Gasteiger partial charge is 0.307 e. The second kappa shape index (κ2) is 6.02. The van der Waals surface area contributed by atoms with E-state index in [9.17, 15) is 0 Å². The summed E-state index contributed by atoms with van der Waals surface area (Å²) in [6, 6.07) is 0. The summed E-state index contributed by atoms with van der Waals surface area (Å²) < 4.78 is 7.98. The lowest BCUT2D eigenvalue weighted by Gasteiger charge is -2.48. The molecule has 32 rings (SSSR count). The number of hydrogen-bond acceptors (Lipinski definition) is 2. The van der Waals surface area contributed by atoms with E-state index in [1.807, 2.05) is 0 Å². The predicted molar refractivity (Wildman–Crippen MR) is 288 cm³/mol. The van der Waals surface area contributed by atoms with Crippen LogP contribution in [0, 0.1) is 0 Å². The summed E-state index contributed by atoms with van der Waals surface area (Å²) in [6.07, 6.45) is 3.38. The molecule has 0 amide bonds. The molecule has 5 aliphatic carbocycles. The number of rotatable bonds is 5. The Labute approximate surface area is 377 Å². The van der Waals surface area contributed by atoms with Crippen LogP contribution in [-0.4, -0.2) is 5.97 Å². The summed E-state index contributed by atoms with van der Waals surface area (Å²) in [7, 11) is 0. The van der Waals surface area contributed by atoms with Crippen molar-refractivity contribution in [3.63, 3.8) is 0 Å². The van der Waals surface area contributed by atoms with E-state index in [2.05, 4.69) is 13.8 Å². The molecule has 0 saturated heterocycles. The van der Waals surface area contributed by atoms with Crippen molar-refractivity contribution >= 4 is 286 Å². The van der Waals surface area contributed by atoms with Gasteiger partial charge >= 0.3 is 5.97 Å². The molecule has 0 bridgehead atoms. The predicted octanol–water partition coefficient (Wildman–Crippen LogP) is 18.1. The summed E-state index contributed by atoms with van der Waals surface area (Å²) in [5.41, 5.74) is 7.67. The van der Waals surface area contributed by atoms with Gasteiger partial charge in [-0.1, -0.05) is 20.3 Å². The zero-order valence-corrected chi connectivity index (χ0v) is 36.1. The molecule has 27 aromatic carbocycles. The van der Waals surface area contributed by atoms with Crippen molar-refractivity contribution in [2.24, 2.45) is 0 Å². The fourth-order valence-corrected chi connectivity index (χ4v) is 24.7. The minimum Gasteiger partial charge on any atom is -0.444 e. The average molecular weight is 851 g/mol. The monoisotopic (exact) mass is 850 g/mol. The normalized spacial score (nSPS) is 21.9. The molecule has 0 fully saturated rings. The molecule has 27 aromatic rings. The van der Waals surface area contributed by atoms with E-state index >= 15 is 4.79 Å². The van der Waals surface area contributed by atoms with Crippen molar-refractivity contribution < 1.29 is 9.53 Å². The van der Waals surface area contributed by atoms with Crippen LogP contribution in [0.3, 0.4) is 0 Å². The Morgan fingerprint density at radius 2 is 0.464 bits per heavy atom. The van der Waals surface area contributed by atoms with Crippen molar-refractivity contribution in [1.82, 2.24) is 0 Å². The van der Waals surface area contributed by atoms with Crippen LogP contribution in [0.4, 0.5) is 0 Å². The zero-order valence-electron chi connectivity index (χ0n) is 36.1. The van der Waals surface area contributed by atoms with Crippen LogP contribution in [0.5, 0.6) is 0 Å². The number of hydrogen-bond donors (Lipinski definition) is 0. The second-order valence-corrected chi connectivity index (χ2v) is 25.3. The Bertz CT molecular complexity index is 7190. The van der Waals surface area contributed by atoms with Gasteiger partial charge in [-0.2, -0.15) is 0 Å². The lowest BCUT2D eigenvalue weighted by molar-refractivity contribution is -0.153. The molecule has 2 nitrogen and oxygen atoms in total. The maximum atomic E-state index is 15.4. The largest absolute Gasteiger partial charge is 0.444 e. The Kier molecular flexibility index (Phi) is 2.31. The van der Waals surface area contributed by atoms with E-state index < -0.39 is 5.60 Å². The summed E-state index contributed by atoms with van der Waals surface area (Å²) in [5.74, 6) is -0.0259. The van der Waals surface area contributed by atoms with Gasteiger partial charge in [-0.15, -0.1) is 0 Å². The molecular weight excluding hydrogens is 837 g/mol. The molecule has 5 aliphatic rings. The van der Waals surface area contributed by atoms with Gasteiger partial charge in [0.2, 0.25) is 0 Å². The van der Waals surface area contributed by atoms with Crippen molar-refractivity contribution in [1.29, 1.82) is 0 Å². The van der Waals surface area contributed by atoms with Gasteiger partial charge < -0.3 is 4.74 Å². The van der Waals surface area contributed by atoms with E-state index in [0.717, 1.165) is 19.3 Å². The number of esters is 1. The van der Waals surface area contributed by atoms with Gasteiger partial charge in [-0.25, -0.2) is 0 Å². The molecule has 0 aromatic heterocycles. The molecule has 0 saturated carbocycles. The molecule has 294 valence electrons. The minimum atomic E-state index is -1.01. The molecule has 0 N–H and O–H groups in total. The molecule has 2 unspecified atom stereocenters. The number of carbonyl (C=O) groups excluding carboxylic acids is 1. The molecule has 0 radical (unpaired) electrons. The van der Waals surface area contributed by atoms with Crippen LogP contribution in [0.25, 0.3) is 280 Å². The van der Waals surface area contributed by atoms with Crippen LogP contribution in [0.15, 0.2) is 0 Å². The van der Waals surface area contributed by atoms with Crippen LogP contribution in [0.1, 0.15) is 72.9 Å². The third kappa shape index (κ3) is 1.42. The van der Waals surface area contributed by atoms with Crippen LogP contribution in [0.2, 0.25) is 0 Å². The minimum absolute atomic E-state index is 0.0259. The number of benzene rings is 17. The van der Waals surface area contributed by atoms with E-state index in [-0.39, 0.29) is 11.4 Å². The lowest BCUT2D eigenvalue weighted by Crippen LogP contribution is -2.45. The quantitative estimate of drug-likeness (QED) is 0.127. The number of ether oxygens (including phenoxy) is 1. The first-order valence-electron chi connectivity index (χ1n) is 26.2. The van der Waals surface area contributed by atoms with E-state index in [1.165, 1.54) is 59.8 Å². The highest BCUT2D eigenvalue weighted by Crippen LogP contribution is 2.84. The maximum Gasteiger partial charge on any atom is 0.307 e. The van der Waals surface area contributed by atoms with Gasteiger partial charge in [0.15, 0.2) is 5.60 Å². The summed E-state index contributed by atoms with van der Waals surface area (Å²) in [5, 5.41) is 82.3. The summed E-state index contributed by atoms with van der Waals surface area (Å²) in [4.78, 5) is 15.4. The molecule has 0 aliphatic heterocycles. The highest BCUT2D eigenvalue weighted by atomic mass is 16.6. The summed E-state index contributed by atoms with van der Waals surface area (Å²) in [6.45, 7) is 4.65. The third-order valence-electron chi connectivity index (χ3n) is 24.7. The fourth-order valence-electron chi connectivity index (χ4n) is 24.7. The van der Waals surface area contributed by atoms with Crippen molar-refractivity contribution in [2.45, 2.75) is 50.5 Å². The van der Waals surface area contributed by atoms with Gasteiger partial charge in [-0.3, -0.25) is 4.79 Å². The highest BCUT2D eigenvalue weighted by Gasteiger charge is 2.67. The van der Waals surface area contributed by atoms with Crippen LogP contribution < -0.4 is 0 Å². The van der Waals surface area contributed by atoms with Crippen LogP contribution >= 0.6 is 0 Å². The van der Waals surface area contributed by atoms with Crippen molar-refractivity contribution in [2.75, 3.05) is 0 Å². The van der Waals surface area contributed by atoms with Gasteiger partial charge in [-0.05, 0) is 304 Å². The van der Waals surface area contributed by atoms with Crippen LogP contribution in [-0.2, 0) is 20.5 Å². The number of carbonyl (C=O) groups is 1. The van der Waals surface area contributed by atoms with Crippen molar-refractivity contribution in [3.05, 3.63) is 33.4 Å². The average Bonchev–Trinajstić information content (AvgIpc) is 4.22. The Morgan fingerprint density at radius 1 is 0.261 bits per heavy atom. The van der Waals surface area contributed by atoms with Gasteiger partial charge in [0.05, 0.1) is 0 Å². The molecule has 0 heterocycles. The first kappa shape index (κ1) is 26.5. The van der Waals surface area contributed by atoms with E-state index in [4.69, 9.17) is 4.74 Å². The first-order chi connectivity index (χ1) is 34.2. The zero-order chi connectivity index (χ0) is 41.6. The topological polar surface area (TPSA) is 26.3 Å². The SMILES string of the molecule is CCCC(=O)OC12c3c4c5c6c7c8c9c%10c(c1c1c%11c2c2c%12c3c5c3c5c6c6c7c7c9c9c%13c%10c1c1c%10c%11c%11c2c2c%12c3c3c5c5c6c6c7c9c7c(c%131)c1c%10c%11c9c2c3c2c9c1c7c6c52)C48CCC. The molecule has 2 atom stereocenters. The highest BCUT2D eigenvalue weighted by molar-refractivity contribution is 6.81. The molecular formula is C67H14O2. The molecule has 0 spiro atoms. The van der Waals surface area contributed by atoms with Gasteiger partial charge in [0.25, 0.3) is 0 Å². The second-order valence-electron chi connectivity index (χ2n) is 25.3. The first-order valence-corrected chi connectivity index (χ1v) is 26.2. The fraction of sp³-hybridized carbons (Fsp3) is 0.119. The van der Waals surface area contributed by atoms with Gasteiger partial charge in [0.1, 0.15) is 0 Å². The van der Waals surface area contributed by atoms with Gasteiger partial charge in [0, 0.05) is 33.9 Å². The Hall–Kier alpha value is -8.07. The van der Waals surface area contributed by atoms with E-state index in [1.54, 1.807) is 254 Å².